The number of aryl methyl sites for hydroxylation is 2. The molecule has 5 heteroatoms. The Hall–Kier alpha value is -2.43. The number of carbonyl (C=O) groups is 1. The summed E-state index contributed by atoms with van der Waals surface area (Å²) in [4.78, 5) is 12.5. The molecule has 0 fully saturated rings. The molecule has 2 N–H and O–H groups in total. The third-order valence-corrected chi connectivity index (χ3v) is 5.77. The number of nitrogens with zero attached hydrogens (tertiary/aromatic N) is 2. The van der Waals surface area contributed by atoms with Crippen LogP contribution in [0, 0.1) is 0 Å². The summed E-state index contributed by atoms with van der Waals surface area (Å²) in [7, 11) is 0. The van der Waals surface area contributed by atoms with Crippen LogP contribution < -0.4 is 19.8 Å². The van der Waals surface area contributed by atoms with Crippen molar-refractivity contribution in [3.05, 3.63) is 49.1 Å². The predicted octanol–water partition coefficient (Wildman–Crippen LogP) is 6.63. The van der Waals surface area contributed by atoms with E-state index in [1.165, 1.54) is 77.0 Å². The number of nitrogens with one attached hydrogen (secondary N) is 2. The van der Waals surface area contributed by atoms with Crippen LogP contribution in [0.25, 0.3) is 0 Å². The summed E-state index contributed by atoms with van der Waals surface area (Å²) in [6.07, 6.45) is 23.6. The lowest BCUT2D eigenvalue weighted by molar-refractivity contribution is -0.696. The van der Waals surface area contributed by atoms with Crippen molar-refractivity contribution in [2.24, 2.45) is 0 Å². The fourth-order valence-corrected chi connectivity index (χ4v) is 3.91. The first-order valence-corrected chi connectivity index (χ1v) is 12.8. The summed E-state index contributed by atoms with van der Waals surface area (Å²) in [5.41, 5.74) is 1.62. The zero-order valence-corrected chi connectivity index (χ0v) is 20.3. The number of hydrogen-bond donors (Lipinski definition) is 2. The normalized spacial score (nSPS) is 10.8. The van der Waals surface area contributed by atoms with Crippen LogP contribution in [0.15, 0.2) is 49.1 Å². The first-order chi connectivity index (χ1) is 15.7. The molecule has 0 bridgehead atoms. The van der Waals surface area contributed by atoms with Gasteiger partial charge in [0.05, 0.1) is 0 Å². The number of rotatable bonds is 16. The van der Waals surface area contributed by atoms with E-state index in [1.807, 2.05) is 36.7 Å². The highest BCUT2D eigenvalue weighted by atomic mass is 16.2. The number of carbonyl (C=O) groups excluding carboxylic acids is 1. The van der Waals surface area contributed by atoms with E-state index in [9.17, 15) is 4.79 Å². The SMILES string of the molecule is CCCCCCCC[n+]1cccc(NC(=O)Nc2ccc[n+](CCCCCCCC)c2)c1. The van der Waals surface area contributed by atoms with Gasteiger partial charge in [0, 0.05) is 25.0 Å². The minimum absolute atomic E-state index is 0.209. The van der Waals surface area contributed by atoms with E-state index in [0.29, 0.717) is 0 Å². The van der Waals surface area contributed by atoms with E-state index in [-0.39, 0.29) is 6.03 Å². The zero-order chi connectivity index (χ0) is 22.9. The van der Waals surface area contributed by atoms with Gasteiger partial charge < -0.3 is 10.6 Å². The summed E-state index contributed by atoms with van der Waals surface area (Å²) >= 11 is 0. The summed E-state index contributed by atoms with van der Waals surface area (Å²) in [6, 6.07) is 7.63. The van der Waals surface area contributed by atoms with Crippen LogP contribution in [0.1, 0.15) is 90.9 Å². The van der Waals surface area contributed by atoms with Gasteiger partial charge in [-0.1, -0.05) is 65.2 Å². The van der Waals surface area contributed by atoms with Gasteiger partial charge in [0.2, 0.25) is 0 Å². The average molecular weight is 441 g/mol. The van der Waals surface area contributed by atoms with Crippen LogP contribution in [0.4, 0.5) is 16.2 Å². The largest absolute Gasteiger partial charge is 0.324 e. The van der Waals surface area contributed by atoms with Crippen molar-refractivity contribution in [1.82, 2.24) is 0 Å². The molecule has 2 aromatic rings. The van der Waals surface area contributed by atoms with Crippen LogP contribution in [-0.4, -0.2) is 6.03 Å². The van der Waals surface area contributed by atoms with Crippen LogP contribution >= 0.6 is 0 Å². The Balaban J connectivity index is 1.74. The lowest BCUT2D eigenvalue weighted by atomic mass is 10.1. The number of unbranched alkanes of at least 4 members (excludes halogenated alkanes) is 10. The average Bonchev–Trinajstić information content (AvgIpc) is 2.79. The summed E-state index contributed by atoms with van der Waals surface area (Å²) < 4.78 is 4.32. The van der Waals surface area contributed by atoms with Gasteiger partial charge in [-0.05, 0) is 25.0 Å². The van der Waals surface area contributed by atoms with E-state index >= 15 is 0 Å². The van der Waals surface area contributed by atoms with Crippen molar-refractivity contribution in [2.45, 2.75) is 104 Å². The second kappa shape index (κ2) is 16.2. The molecule has 2 amide bonds. The monoisotopic (exact) mass is 440 g/mol. The van der Waals surface area contributed by atoms with Crippen molar-refractivity contribution in [3.8, 4) is 0 Å². The highest BCUT2D eigenvalue weighted by Crippen LogP contribution is 2.09. The third kappa shape index (κ3) is 11.3. The molecular formula is C27H44N4O+2. The van der Waals surface area contributed by atoms with Crippen LogP contribution in [-0.2, 0) is 13.1 Å². The minimum Gasteiger partial charge on any atom is -0.302 e. The molecule has 0 saturated carbocycles. The van der Waals surface area contributed by atoms with Crippen molar-refractivity contribution in [3.63, 3.8) is 0 Å². The molecule has 0 atom stereocenters. The van der Waals surface area contributed by atoms with Crippen molar-refractivity contribution < 1.29 is 13.9 Å². The molecular weight excluding hydrogens is 396 g/mol. The van der Waals surface area contributed by atoms with Crippen LogP contribution in [0.5, 0.6) is 0 Å². The molecule has 176 valence electrons. The van der Waals surface area contributed by atoms with Gasteiger partial charge in [-0.2, -0.15) is 0 Å². The highest BCUT2D eigenvalue weighted by Gasteiger charge is 2.09. The fourth-order valence-electron chi connectivity index (χ4n) is 3.91. The van der Waals surface area contributed by atoms with Gasteiger partial charge in [0.1, 0.15) is 24.5 Å². The van der Waals surface area contributed by atoms with E-state index in [4.69, 9.17) is 0 Å². The number of urea groups is 1. The quantitative estimate of drug-likeness (QED) is 0.223. The van der Waals surface area contributed by atoms with Gasteiger partial charge in [-0.15, -0.1) is 0 Å². The fraction of sp³-hybridized carbons (Fsp3) is 0.593. The smallest absolute Gasteiger partial charge is 0.302 e. The topological polar surface area (TPSA) is 48.9 Å². The Kier molecular flexibility index (Phi) is 13.1. The molecule has 0 aromatic carbocycles. The van der Waals surface area contributed by atoms with E-state index in [0.717, 1.165) is 24.5 Å². The number of anilines is 2. The number of pyridine rings is 2. The molecule has 0 aliphatic heterocycles. The molecule has 0 aliphatic rings. The second-order valence-corrected chi connectivity index (χ2v) is 8.78. The molecule has 2 rings (SSSR count). The highest BCUT2D eigenvalue weighted by molar-refractivity contribution is 5.99. The lowest BCUT2D eigenvalue weighted by Crippen LogP contribution is -2.34. The predicted molar refractivity (Wildman–Crippen MR) is 133 cm³/mol. The Morgan fingerprint density at radius 3 is 1.50 bits per heavy atom. The standard InChI is InChI=1S/C27H43N4O/c1-3-5-7-9-11-13-19-30-21-15-17-25(23-30)28-27(32)29-26-18-16-22-31(24-26)20-14-12-10-8-6-4-2/h15-18,21-24H,3-14,19-20H2,1-2H3,(H-,28,29,32)/q+1/p+1. The van der Waals surface area contributed by atoms with Crippen LogP contribution in [0.3, 0.4) is 0 Å². The maximum Gasteiger partial charge on any atom is 0.324 e. The van der Waals surface area contributed by atoms with Gasteiger partial charge >= 0.3 is 6.03 Å². The summed E-state index contributed by atoms with van der Waals surface area (Å²) in [5.74, 6) is 0. The molecule has 2 aromatic heterocycles. The minimum atomic E-state index is -0.209. The molecule has 0 spiro atoms. The van der Waals surface area contributed by atoms with E-state index in [2.05, 4.69) is 46.0 Å². The Morgan fingerprint density at radius 1 is 0.656 bits per heavy atom. The number of amides is 2. The van der Waals surface area contributed by atoms with Crippen molar-refractivity contribution in [1.29, 1.82) is 0 Å². The van der Waals surface area contributed by atoms with Gasteiger partial charge in [-0.25, -0.2) is 13.9 Å². The van der Waals surface area contributed by atoms with Gasteiger partial charge in [0.25, 0.3) is 0 Å². The first kappa shape index (κ1) is 25.8. The molecule has 0 radical (unpaired) electrons. The molecule has 2 heterocycles. The maximum atomic E-state index is 12.5. The first-order valence-electron chi connectivity index (χ1n) is 12.8. The lowest BCUT2D eigenvalue weighted by Gasteiger charge is -2.07. The summed E-state index contributed by atoms with van der Waals surface area (Å²) in [6.45, 7) is 6.47. The number of aromatic nitrogens is 2. The molecule has 0 unspecified atom stereocenters. The third-order valence-electron chi connectivity index (χ3n) is 5.77. The Morgan fingerprint density at radius 2 is 1.06 bits per heavy atom. The second-order valence-electron chi connectivity index (χ2n) is 8.78. The van der Waals surface area contributed by atoms with Crippen molar-refractivity contribution in [2.75, 3.05) is 10.6 Å². The molecule has 5 nitrogen and oxygen atoms in total. The molecule has 0 saturated heterocycles. The van der Waals surface area contributed by atoms with Crippen molar-refractivity contribution >= 4 is 17.4 Å². The van der Waals surface area contributed by atoms with Gasteiger partial charge in [0.15, 0.2) is 24.8 Å². The van der Waals surface area contributed by atoms with E-state index in [1.54, 1.807) is 0 Å². The molecule has 32 heavy (non-hydrogen) atoms. The van der Waals surface area contributed by atoms with E-state index < -0.39 is 0 Å². The Bertz CT molecular complexity index is 714. The van der Waals surface area contributed by atoms with Crippen LogP contribution in [0.2, 0.25) is 0 Å². The molecule has 0 aliphatic carbocycles. The maximum absolute atomic E-state index is 12.5. The summed E-state index contributed by atoms with van der Waals surface area (Å²) in [5, 5.41) is 5.92. The number of hydrogen-bond acceptors (Lipinski definition) is 1. The Labute approximate surface area is 195 Å². The zero-order valence-electron chi connectivity index (χ0n) is 20.3. The van der Waals surface area contributed by atoms with Gasteiger partial charge in [-0.3, -0.25) is 0 Å².